The maximum absolute atomic E-state index is 12.8. The van der Waals surface area contributed by atoms with Gasteiger partial charge in [0.1, 0.15) is 18.5 Å². The van der Waals surface area contributed by atoms with Crippen LogP contribution in [0.2, 0.25) is 0 Å². The van der Waals surface area contributed by atoms with Gasteiger partial charge >= 0.3 is 0 Å². The molecule has 5 nitrogen and oxygen atoms in total. The van der Waals surface area contributed by atoms with E-state index in [0.29, 0.717) is 30.3 Å². The van der Waals surface area contributed by atoms with E-state index in [9.17, 15) is 4.79 Å². The van der Waals surface area contributed by atoms with E-state index in [1.165, 1.54) is 11.9 Å². The van der Waals surface area contributed by atoms with Crippen LogP contribution in [0.15, 0.2) is 24.5 Å². The average Bonchev–Trinajstić information content (AvgIpc) is 2.62. The van der Waals surface area contributed by atoms with Gasteiger partial charge < -0.3 is 9.64 Å². The van der Waals surface area contributed by atoms with E-state index in [4.69, 9.17) is 4.74 Å². The zero-order valence-electron chi connectivity index (χ0n) is 12.4. The highest BCUT2D eigenvalue weighted by molar-refractivity contribution is 6.08. The number of fused-ring (bicyclic) bond motifs is 1. The van der Waals surface area contributed by atoms with Gasteiger partial charge in [0.15, 0.2) is 0 Å². The molecule has 0 saturated heterocycles. The molecule has 0 unspecified atom stereocenters. The first-order valence-electron chi connectivity index (χ1n) is 6.91. The van der Waals surface area contributed by atoms with Gasteiger partial charge in [0, 0.05) is 5.69 Å². The predicted molar refractivity (Wildman–Crippen MR) is 79.9 cm³/mol. The molecule has 3 rings (SSSR count). The van der Waals surface area contributed by atoms with Crippen molar-refractivity contribution < 1.29 is 9.53 Å². The molecule has 2 heterocycles. The summed E-state index contributed by atoms with van der Waals surface area (Å²) < 4.78 is 5.59. The number of aromatic nitrogens is 2. The molecule has 108 valence electrons. The standard InChI is InChI=1S/C16H17N3O2/c1-10-4-5-13(8-11(10)2)19-6-7-21-15-14(16(19)20)12(3)17-9-18-15/h4-5,8-9H,6-7H2,1-3H3. The van der Waals surface area contributed by atoms with Gasteiger partial charge in [-0.2, -0.15) is 0 Å². The molecule has 0 fully saturated rings. The van der Waals surface area contributed by atoms with Crippen LogP contribution in [0.5, 0.6) is 5.88 Å². The Morgan fingerprint density at radius 1 is 1.14 bits per heavy atom. The Bertz CT molecular complexity index is 713. The molecule has 1 amide bonds. The number of amides is 1. The summed E-state index contributed by atoms with van der Waals surface area (Å²) in [5, 5.41) is 0. The molecule has 0 atom stereocenters. The largest absolute Gasteiger partial charge is 0.475 e. The molecular weight excluding hydrogens is 266 g/mol. The van der Waals surface area contributed by atoms with Crippen molar-refractivity contribution in [3.63, 3.8) is 0 Å². The fraction of sp³-hybridized carbons (Fsp3) is 0.312. The van der Waals surface area contributed by atoms with E-state index in [1.807, 2.05) is 25.1 Å². The second-order valence-electron chi connectivity index (χ2n) is 5.21. The summed E-state index contributed by atoms with van der Waals surface area (Å²) in [6, 6.07) is 6.01. The van der Waals surface area contributed by atoms with E-state index in [1.54, 1.807) is 11.8 Å². The van der Waals surface area contributed by atoms with Crippen molar-refractivity contribution in [2.45, 2.75) is 20.8 Å². The van der Waals surface area contributed by atoms with Crippen molar-refractivity contribution >= 4 is 11.6 Å². The van der Waals surface area contributed by atoms with E-state index >= 15 is 0 Å². The quantitative estimate of drug-likeness (QED) is 0.806. The number of carbonyl (C=O) groups excluding carboxylic acids is 1. The van der Waals surface area contributed by atoms with Crippen LogP contribution in [0.3, 0.4) is 0 Å². The van der Waals surface area contributed by atoms with Crippen molar-refractivity contribution in [1.29, 1.82) is 0 Å². The summed E-state index contributed by atoms with van der Waals surface area (Å²) in [5.74, 6) is 0.266. The van der Waals surface area contributed by atoms with Gasteiger partial charge in [-0.05, 0) is 44.0 Å². The summed E-state index contributed by atoms with van der Waals surface area (Å²) >= 11 is 0. The molecule has 0 bridgehead atoms. The van der Waals surface area contributed by atoms with Gasteiger partial charge in [-0.3, -0.25) is 4.79 Å². The molecular formula is C16H17N3O2. The molecule has 0 N–H and O–H groups in total. The normalized spacial score (nSPS) is 14.4. The van der Waals surface area contributed by atoms with Crippen LogP contribution >= 0.6 is 0 Å². The smallest absolute Gasteiger partial charge is 0.265 e. The third-order valence-electron chi connectivity index (χ3n) is 3.82. The minimum absolute atomic E-state index is 0.108. The molecule has 0 radical (unpaired) electrons. The molecule has 5 heteroatoms. The highest BCUT2D eigenvalue weighted by atomic mass is 16.5. The molecule has 0 saturated carbocycles. The first-order valence-corrected chi connectivity index (χ1v) is 6.91. The fourth-order valence-electron chi connectivity index (χ4n) is 2.42. The lowest BCUT2D eigenvalue weighted by Gasteiger charge is -2.21. The summed E-state index contributed by atoms with van der Waals surface area (Å²) in [6.45, 7) is 6.81. The van der Waals surface area contributed by atoms with Crippen LogP contribution in [0.25, 0.3) is 0 Å². The fourth-order valence-corrected chi connectivity index (χ4v) is 2.42. The number of aryl methyl sites for hydroxylation is 3. The van der Waals surface area contributed by atoms with E-state index < -0.39 is 0 Å². The SMILES string of the molecule is Cc1ccc(N2CCOc3ncnc(C)c3C2=O)cc1C. The lowest BCUT2D eigenvalue weighted by Crippen LogP contribution is -2.32. The van der Waals surface area contributed by atoms with Gasteiger partial charge in [0.2, 0.25) is 5.88 Å². The molecule has 1 aliphatic heterocycles. The maximum Gasteiger partial charge on any atom is 0.265 e. The minimum atomic E-state index is -0.108. The Labute approximate surface area is 123 Å². The molecule has 0 spiro atoms. The summed E-state index contributed by atoms with van der Waals surface area (Å²) in [7, 11) is 0. The zero-order valence-corrected chi connectivity index (χ0v) is 12.4. The van der Waals surface area contributed by atoms with Crippen molar-refractivity contribution in [3.8, 4) is 5.88 Å². The average molecular weight is 283 g/mol. The highest BCUT2D eigenvalue weighted by Gasteiger charge is 2.28. The van der Waals surface area contributed by atoms with Crippen LogP contribution in [-0.4, -0.2) is 29.0 Å². The van der Waals surface area contributed by atoms with Crippen LogP contribution in [0, 0.1) is 20.8 Å². The predicted octanol–water partition coefficient (Wildman–Crippen LogP) is 2.44. The van der Waals surface area contributed by atoms with Gasteiger partial charge in [-0.25, -0.2) is 9.97 Å². The van der Waals surface area contributed by atoms with Crippen LogP contribution in [-0.2, 0) is 0 Å². The number of nitrogens with zero attached hydrogens (tertiary/aromatic N) is 3. The minimum Gasteiger partial charge on any atom is -0.475 e. The number of rotatable bonds is 1. The van der Waals surface area contributed by atoms with Crippen molar-refractivity contribution in [2.24, 2.45) is 0 Å². The third kappa shape index (κ3) is 2.35. The second-order valence-corrected chi connectivity index (χ2v) is 5.21. The lowest BCUT2D eigenvalue weighted by atomic mass is 10.1. The van der Waals surface area contributed by atoms with E-state index in [0.717, 1.165) is 11.3 Å². The molecule has 1 aromatic heterocycles. The van der Waals surface area contributed by atoms with Gasteiger partial charge in [-0.15, -0.1) is 0 Å². The van der Waals surface area contributed by atoms with Crippen LogP contribution < -0.4 is 9.64 Å². The Hall–Kier alpha value is -2.43. The van der Waals surface area contributed by atoms with Crippen LogP contribution in [0.1, 0.15) is 27.2 Å². The second kappa shape index (κ2) is 5.16. The Morgan fingerprint density at radius 2 is 1.95 bits per heavy atom. The first kappa shape index (κ1) is 13.5. The number of hydrogen-bond acceptors (Lipinski definition) is 4. The number of carbonyl (C=O) groups is 1. The van der Waals surface area contributed by atoms with E-state index in [2.05, 4.69) is 16.9 Å². The summed E-state index contributed by atoms with van der Waals surface area (Å²) in [4.78, 5) is 22.7. The van der Waals surface area contributed by atoms with E-state index in [-0.39, 0.29) is 5.91 Å². The molecule has 1 aliphatic rings. The van der Waals surface area contributed by atoms with Crippen molar-refractivity contribution in [2.75, 3.05) is 18.1 Å². The molecule has 21 heavy (non-hydrogen) atoms. The number of ether oxygens (including phenoxy) is 1. The van der Waals surface area contributed by atoms with Crippen LogP contribution in [0.4, 0.5) is 5.69 Å². The van der Waals surface area contributed by atoms with Gasteiger partial charge in [0.25, 0.3) is 5.91 Å². The van der Waals surface area contributed by atoms with Gasteiger partial charge in [0.05, 0.1) is 12.2 Å². The lowest BCUT2D eigenvalue weighted by molar-refractivity contribution is 0.0988. The monoisotopic (exact) mass is 283 g/mol. The summed E-state index contributed by atoms with van der Waals surface area (Å²) in [5.41, 5.74) is 4.33. The third-order valence-corrected chi connectivity index (χ3v) is 3.82. The molecule has 0 aliphatic carbocycles. The Morgan fingerprint density at radius 3 is 2.71 bits per heavy atom. The highest BCUT2D eigenvalue weighted by Crippen LogP contribution is 2.27. The zero-order chi connectivity index (χ0) is 15.0. The first-order chi connectivity index (χ1) is 10.1. The Balaban J connectivity index is 2.06. The Kier molecular flexibility index (Phi) is 3.33. The molecule has 1 aromatic carbocycles. The molecule has 2 aromatic rings. The van der Waals surface area contributed by atoms with Gasteiger partial charge in [-0.1, -0.05) is 6.07 Å². The number of hydrogen-bond donors (Lipinski definition) is 0. The van der Waals surface area contributed by atoms with Crippen molar-refractivity contribution in [3.05, 3.63) is 46.9 Å². The maximum atomic E-state index is 12.8. The number of anilines is 1. The van der Waals surface area contributed by atoms with Crippen molar-refractivity contribution in [1.82, 2.24) is 9.97 Å². The topological polar surface area (TPSA) is 55.3 Å². The summed E-state index contributed by atoms with van der Waals surface area (Å²) in [6.07, 6.45) is 1.42. The number of benzene rings is 1.